The lowest BCUT2D eigenvalue weighted by Gasteiger charge is -2.55. The van der Waals surface area contributed by atoms with E-state index in [2.05, 4.69) is 15.7 Å². The van der Waals surface area contributed by atoms with Crippen molar-refractivity contribution in [3.63, 3.8) is 0 Å². The first-order valence-electron chi connectivity index (χ1n) is 10.5. The largest absolute Gasteiger partial charge is 0.390 e. The molecule has 4 aliphatic rings. The first-order chi connectivity index (χ1) is 12.4. The third-order valence-corrected chi connectivity index (χ3v) is 7.48. The van der Waals surface area contributed by atoms with Gasteiger partial charge in [-0.05, 0) is 58.3 Å². The molecule has 1 N–H and O–H groups in total. The monoisotopic (exact) mass is 357 g/mol. The van der Waals surface area contributed by atoms with E-state index in [0.29, 0.717) is 24.2 Å². The van der Waals surface area contributed by atoms with E-state index in [9.17, 15) is 9.90 Å². The molecule has 1 amide bonds. The van der Waals surface area contributed by atoms with Crippen molar-refractivity contribution in [1.82, 2.24) is 14.5 Å². The molecule has 2 saturated carbocycles. The quantitative estimate of drug-likeness (QED) is 0.885. The Morgan fingerprint density at radius 2 is 1.96 bits per heavy atom. The fourth-order valence-electron chi connectivity index (χ4n) is 5.83. The van der Waals surface area contributed by atoms with Crippen LogP contribution in [0.5, 0.6) is 0 Å². The van der Waals surface area contributed by atoms with E-state index in [1.807, 2.05) is 6.92 Å². The van der Waals surface area contributed by atoms with E-state index in [4.69, 9.17) is 4.98 Å². The lowest BCUT2D eigenvalue weighted by atomic mass is 9.64. The van der Waals surface area contributed by atoms with Crippen LogP contribution in [0.4, 0.5) is 0 Å². The normalized spacial score (nSPS) is 33.5. The molecule has 3 fully saturated rings. The van der Waals surface area contributed by atoms with Crippen LogP contribution >= 0.6 is 0 Å². The van der Waals surface area contributed by atoms with Crippen molar-refractivity contribution in [2.75, 3.05) is 13.1 Å². The molecule has 5 rings (SSSR count). The Morgan fingerprint density at radius 1 is 1.23 bits per heavy atom. The summed E-state index contributed by atoms with van der Waals surface area (Å²) in [6.07, 6.45) is 12.2. The highest BCUT2D eigenvalue weighted by Crippen LogP contribution is 2.49. The highest BCUT2D eigenvalue weighted by molar-refractivity contribution is 5.81. The summed E-state index contributed by atoms with van der Waals surface area (Å²) >= 11 is 0. The number of aliphatic hydroxyl groups is 1. The molecule has 142 valence electrons. The number of likely N-dealkylation sites (tertiary alicyclic amines) is 1. The number of aromatic nitrogens is 2. The number of hydrogen-bond donors (Lipinski definition) is 1. The van der Waals surface area contributed by atoms with Gasteiger partial charge in [-0.25, -0.2) is 4.98 Å². The summed E-state index contributed by atoms with van der Waals surface area (Å²) in [6.45, 7) is 4.86. The van der Waals surface area contributed by atoms with E-state index in [0.717, 1.165) is 26.1 Å². The Kier molecular flexibility index (Phi) is 3.76. The molecule has 0 aromatic carbocycles. The van der Waals surface area contributed by atoms with Gasteiger partial charge in [0.25, 0.3) is 0 Å². The second-order valence-electron chi connectivity index (χ2n) is 9.80. The van der Waals surface area contributed by atoms with Gasteiger partial charge in [0.05, 0.1) is 11.3 Å². The van der Waals surface area contributed by atoms with Crippen LogP contribution in [0.3, 0.4) is 0 Å². The average Bonchev–Trinajstić information content (AvgIpc) is 3.01. The zero-order valence-electron chi connectivity index (χ0n) is 15.9. The third kappa shape index (κ3) is 2.79. The Hall–Kier alpha value is -1.36. The Labute approximate surface area is 155 Å². The average molecular weight is 357 g/mol. The standard InChI is InChI=1S/C21H31N3O2/c1-20(26)10-16(11-20)19(25)24-13-21(14-24)7-5-15(6-8-21)17-12-23-9-3-2-4-18(23)22-17/h12,15-16,26H,2-11,13-14H2,1H3. The zero-order chi connectivity index (χ0) is 17.9. The van der Waals surface area contributed by atoms with Crippen LogP contribution in [0.1, 0.15) is 75.7 Å². The number of carbonyl (C=O) groups is 1. The van der Waals surface area contributed by atoms with Gasteiger partial charge >= 0.3 is 0 Å². The zero-order valence-corrected chi connectivity index (χ0v) is 15.9. The number of nitrogens with zero attached hydrogens (tertiary/aromatic N) is 3. The van der Waals surface area contributed by atoms with Crippen molar-refractivity contribution in [2.24, 2.45) is 11.3 Å². The highest BCUT2D eigenvalue weighted by atomic mass is 16.3. The van der Waals surface area contributed by atoms with Crippen molar-refractivity contribution in [3.05, 3.63) is 17.7 Å². The van der Waals surface area contributed by atoms with Gasteiger partial charge in [0.1, 0.15) is 5.82 Å². The van der Waals surface area contributed by atoms with Gasteiger partial charge in [-0.2, -0.15) is 0 Å². The van der Waals surface area contributed by atoms with Crippen LogP contribution in [0.15, 0.2) is 6.20 Å². The maximum atomic E-state index is 12.5. The number of aryl methyl sites for hydroxylation is 2. The molecule has 1 saturated heterocycles. The second kappa shape index (κ2) is 5.82. The molecule has 5 nitrogen and oxygen atoms in total. The molecule has 3 heterocycles. The van der Waals surface area contributed by atoms with Gasteiger partial charge in [-0.15, -0.1) is 0 Å². The van der Waals surface area contributed by atoms with Gasteiger partial charge < -0.3 is 14.6 Å². The molecule has 0 radical (unpaired) electrons. The first kappa shape index (κ1) is 16.8. The summed E-state index contributed by atoms with van der Waals surface area (Å²) in [4.78, 5) is 19.5. The molecule has 1 aromatic rings. The molecule has 26 heavy (non-hydrogen) atoms. The summed E-state index contributed by atoms with van der Waals surface area (Å²) in [5.74, 6) is 2.26. The molecule has 2 aliphatic carbocycles. The Balaban J connectivity index is 1.15. The lowest BCUT2D eigenvalue weighted by Crippen LogP contribution is -2.62. The summed E-state index contributed by atoms with van der Waals surface area (Å²) in [5, 5.41) is 9.87. The van der Waals surface area contributed by atoms with Crippen LogP contribution in [-0.4, -0.2) is 44.2 Å². The number of fused-ring (bicyclic) bond motifs is 1. The first-order valence-corrected chi connectivity index (χ1v) is 10.5. The second-order valence-corrected chi connectivity index (χ2v) is 9.80. The molecule has 1 aromatic heterocycles. The van der Waals surface area contributed by atoms with Gasteiger partial charge in [-0.1, -0.05) is 0 Å². The van der Waals surface area contributed by atoms with E-state index >= 15 is 0 Å². The van der Waals surface area contributed by atoms with E-state index in [1.54, 1.807) is 0 Å². The maximum absolute atomic E-state index is 12.5. The van der Waals surface area contributed by atoms with Crippen LogP contribution in [0, 0.1) is 11.3 Å². The van der Waals surface area contributed by atoms with Crippen molar-refractivity contribution < 1.29 is 9.90 Å². The number of hydrogen-bond acceptors (Lipinski definition) is 3. The Morgan fingerprint density at radius 3 is 2.62 bits per heavy atom. The summed E-state index contributed by atoms with van der Waals surface area (Å²) in [5.41, 5.74) is 1.09. The van der Waals surface area contributed by atoms with Crippen molar-refractivity contribution in [3.8, 4) is 0 Å². The molecule has 1 spiro atoms. The molecule has 0 atom stereocenters. The van der Waals surface area contributed by atoms with Gasteiger partial charge in [0, 0.05) is 49.5 Å². The van der Waals surface area contributed by atoms with E-state index < -0.39 is 5.60 Å². The Bertz CT molecular complexity index is 675. The summed E-state index contributed by atoms with van der Waals surface area (Å²) in [6, 6.07) is 0. The van der Waals surface area contributed by atoms with Crippen molar-refractivity contribution >= 4 is 5.91 Å². The van der Waals surface area contributed by atoms with E-state index in [-0.39, 0.29) is 11.8 Å². The fraction of sp³-hybridized carbons (Fsp3) is 0.810. The minimum atomic E-state index is -0.606. The summed E-state index contributed by atoms with van der Waals surface area (Å²) < 4.78 is 2.38. The number of imidazole rings is 1. The van der Waals surface area contributed by atoms with Crippen molar-refractivity contribution in [1.29, 1.82) is 0 Å². The van der Waals surface area contributed by atoms with Gasteiger partial charge in [-0.3, -0.25) is 4.79 Å². The van der Waals surface area contributed by atoms with E-state index in [1.165, 1.54) is 50.0 Å². The third-order valence-electron chi connectivity index (χ3n) is 7.48. The topological polar surface area (TPSA) is 58.4 Å². The molecule has 0 unspecified atom stereocenters. The van der Waals surface area contributed by atoms with Gasteiger partial charge in [0.15, 0.2) is 0 Å². The molecular formula is C21H31N3O2. The van der Waals surface area contributed by atoms with Gasteiger partial charge in [0.2, 0.25) is 5.91 Å². The highest BCUT2D eigenvalue weighted by Gasteiger charge is 2.51. The molecular weight excluding hydrogens is 326 g/mol. The maximum Gasteiger partial charge on any atom is 0.225 e. The SMILES string of the molecule is CC1(O)CC(C(=O)N2CC3(CCC(c4cn5c(n4)CCCC5)CC3)C2)C1. The predicted molar refractivity (Wildman–Crippen MR) is 98.7 cm³/mol. The lowest BCUT2D eigenvalue weighted by molar-refractivity contribution is -0.163. The van der Waals surface area contributed by atoms with Crippen LogP contribution < -0.4 is 0 Å². The predicted octanol–water partition coefficient (Wildman–Crippen LogP) is 2.87. The summed E-state index contributed by atoms with van der Waals surface area (Å²) in [7, 11) is 0. The number of rotatable bonds is 2. The molecule has 5 heteroatoms. The number of amides is 1. The van der Waals surface area contributed by atoms with Crippen LogP contribution in [0.25, 0.3) is 0 Å². The smallest absolute Gasteiger partial charge is 0.225 e. The molecule has 0 bridgehead atoms. The fourth-order valence-corrected chi connectivity index (χ4v) is 5.83. The number of carbonyl (C=O) groups excluding carboxylic acids is 1. The van der Waals surface area contributed by atoms with Crippen molar-refractivity contribution in [2.45, 2.75) is 82.8 Å². The minimum Gasteiger partial charge on any atom is -0.390 e. The molecule has 2 aliphatic heterocycles. The minimum absolute atomic E-state index is 0.0653. The van der Waals surface area contributed by atoms with Crippen LogP contribution in [-0.2, 0) is 17.8 Å². The van der Waals surface area contributed by atoms with Crippen LogP contribution in [0.2, 0.25) is 0 Å².